The average Bonchev–Trinajstić information content (AvgIpc) is 2.40. The van der Waals surface area contributed by atoms with Crippen molar-refractivity contribution in [3.63, 3.8) is 0 Å². The van der Waals surface area contributed by atoms with Crippen LogP contribution in [0.5, 0.6) is 5.75 Å². The lowest BCUT2D eigenvalue weighted by Gasteiger charge is -2.11. The Labute approximate surface area is 142 Å². The minimum Gasteiger partial charge on any atom is -0.422 e. The number of hydrogen-bond acceptors (Lipinski definition) is 2. The molecular weight excluding hydrogens is 375 g/mol. The third kappa shape index (κ3) is 4.00. The van der Waals surface area contributed by atoms with Gasteiger partial charge in [-0.2, -0.15) is 0 Å². The normalized spacial score (nSPS) is 10.8. The first-order valence-corrected chi connectivity index (χ1v) is 7.90. The molecule has 0 aliphatic rings. The fourth-order valence-corrected chi connectivity index (χ4v) is 2.73. The number of carbonyl (C=O) groups excluding carboxylic acids is 1. The van der Waals surface area contributed by atoms with E-state index in [2.05, 4.69) is 29.8 Å². The van der Waals surface area contributed by atoms with Gasteiger partial charge in [-0.15, -0.1) is 0 Å². The van der Waals surface area contributed by atoms with Gasteiger partial charge in [-0.25, -0.2) is 4.79 Å². The first-order valence-electron chi connectivity index (χ1n) is 6.35. The lowest BCUT2D eigenvalue weighted by Crippen LogP contribution is -2.09. The number of hydrogen-bond donors (Lipinski definition) is 0. The Morgan fingerprint density at radius 2 is 1.86 bits per heavy atom. The smallest absolute Gasteiger partial charge is 0.345 e. The van der Waals surface area contributed by atoms with Crippen LogP contribution in [0, 0.1) is 0 Å². The summed E-state index contributed by atoms with van der Waals surface area (Å²) in [5, 5.41) is 0.737. The highest BCUT2D eigenvalue weighted by molar-refractivity contribution is 9.10. The Morgan fingerprint density at radius 3 is 2.43 bits per heavy atom. The molecule has 2 nitrogen and oxygen atoms in total. The number of carbonyl (C=O) groups is 1. The molecule has 0 spiro atoms. The second-order valence-electron chi connectivity index (χ2n) is 4.86. The van der Waals surface area contributed by atoms with Gasteiger partial charge in [0.25, 0.3) is 0 Å². The topological polar surface area (TPSA) is 26.3 Å². The molecule has 110 valence electrons. The standard InChI is InChI=1S/C16H13BrCl2O2/c1-9(2)10-3-6-15(13(17)7-10)21-16(20)12-5-4-11(18)8-14(12)19/h3-9H,1-2H3. The van der Waals surface area contributed by atoms with E-state index in [1.807, 2.05) is 12.1 Å². The van der Waals surface area contributed by atoms with Crippen LogP contribution in [0.25, 0.3) is 0 Å². The second kappa shape index (κ2) is 6.82. The van der Waals surface area contributed by atoms with Gasteiger partial charge in [0.2, 0.25) is 0 Å². The van der Waals surface area contributed by atoms with E-state index in [1.54, 1.807) is 18.2 Å². The highest BCUT2D eigenvalue weighted by Crippen LogP contribution is 2.30. The highest BCUT2D eigenvalue weighted by atomic mass is 79.9. The van der Waals surface area contributed by atoms with E-state index in [0.29, 0.717) is 16.7 Å². The van der Waals surface area contributed by atoms with Crippen molar-refractivity contribution < 1.29 is 9.53 Å². The molecule has 0 aromatic heterocycles. The van der Waals surface area contributed by atoms with Crippen molar-refractivity contribution >= 4 is 45.1 Å². The van der Waals surface area contributed by atoms with Crippen LogP contribution in [0.1, 0.15) is 35.7 Å². The third-order valence-corrected chi connectivity index (χ3v) is 4.14. The molecule has 2 rings (SSSR count). The molecule has 0 aliphatic heterocycles. The second-order valence-corrected chi connectivity index (χ2v) is 6.56. The minimum absolute atomic E-state index is 0.266. The SMILES string of the molecule is CC(C)c1ccc(OC(=O)c2ccc(Cl)cc2Cl)c(Br)c1. The fraction of sp³-hybridized carbons (Fsp3) is 0.188. The molecule has 0 saturated carbocycles. The predicted octanol–water partition coefficient (Wildman–Crippen LogP) is 6.10. The van der Waals surface area contributed by atoms with Crippen LogP contribution in [-0.2, 0) is 0 Å². The largest absolute Gasteiger partial charge is 0.422 e. The van der Waals surface area contributed by atoms with Gasteiger partial charge >= 0.3 is 5.97 Å². The van der Waals surface area contributed by atoms with E-state index in [1.165, 1.54) is 6.07 Å². The summed E-state index contributed by atoms with van der Waals surface area (Å²) in [6.07, 6.45) is 0. The number of benzene rings is 2. The van der Waals surface area contributed by atoms with Gasteiger partial charge in [0.15, 0.2) is 0 Å². The summed E-state index contributed by atoms with van der Waals surface area (Å²) in [6.45, 7) is 4.20. The van der Waals surface area contributed by atoms with Crippen LogP contribution in [0.2, 0.25) is 10.0 Å². The molecule has 2 aromatic carbocycles. The van der Waals surface area contributed by atoms with Crippen LogP contribution in [0.3, 0.4) is 0 Å². The van der Waals surface area contributed by atoms with Crippen LogP contribution in [0.4, 0.5) is 0 Å². The molecule has 0 bridgehead atoms. The molecule has 2 aromatic rings. The molecule has 0 N–H and O–H groups in total. The lowest BCUT2D eigenvalue weighted by atomic mass is 10.0. The van der Waals surface area contributed by atoms with Gasteiger partial charge in [-0.3, -0.25) is 0 Å². The molecule has 0 radical (unpaired) electrons. The zero-order chi connectivity index (χ0) is 15.6. The van der Waals surface area contributed by atoms with Gasteiger partial charge < -0.3 is 4.74 Å². The number of ether oxygens (including phenoxy) is 1. The summed E-state index contributed by atoms with van der Waals surface area (Å²) in [5.41, 5.74) is 1.44. The van der Waals surface area contributed by atoms with E-state index in [-0.39, 0.29) is 10.6 Å². The number of esters is 1. The lowest BCUT2D eigenvalue weighted by molar-refractivity contribution is 0.0733. The van der Waals surface area contributed by atoms with Gasteiger partial charge in [-0.1, -0.05) is 43.1 Å². The molecule has 0 amide bonds. The van der Waals surface area contributed by atoms with Crippen molar-refractivity contribution in [1.82, 2.24) is 0 Å². The summed E-state index contributed by atoms with van der Waals surface area (Å²) in [7, 11) is 0. The summed E-state index contributed by atoms with van der Waals surface area (Å²) in [4.78, 5) is 12.1. The van der Waals surface area contributed by atoms with E-state index in [4.69, 9.17) is 27.9 Å². The van der Waals surface area contributed by atoms with Crippen molar-refractivity contribution in [3.8, 4) is 5.75 Å². The van der Waals surface area contributed by atoms with E-state index in [0.717, 1.165) is 10.0 Å². The van der Waals surface area contributed by atoms with Crippen LogP contribution >= 0.6 is 39.1 Å². The molecular formula is C16H13BrCl2O2. The Hall–Kier alpha value is -1.03. The quantitative estimate of drug-likeness (QED) is 0.469. The van der Waals surface area contributed by atoms with Crippen molar-refractivity contribution in [2.75, 3.05) is 0 Å². The summed E-state index contributed by atoms with van der Waals surface area (Å²) < 4.78 is 6.10. The molecule has 0 aliphatic carbocycles. The van der Waals surface area contributed by atoms with Gasteiger partial charge in [0.05, 0.1) is 15.1 Å². The Bertz CT molecular complexity index is 684. The summed E-state index contributed by atoms with van der Waals surface area (Å²) in [6, 6.07) is 10.3. The monoisotopic (exact) mass is 386 g/mol. The number of rotatable bonds is 3. The highest BCUT2D eigenvalue weighted by Gasteiger charge is 2.15. The van der Waals surface area contributed by atoms with Gasteiger partial charge in [-0.05, 0) is 57.7 Å². The van der Waals surface area contributed by atoms with Crippen LogP contribution < -0.4 is 4.74 Å². The summed E-state index contributed by atoms with van der Waals surface area (Å²) >= 11 is 15.2. The van der Waals surface area contributed by atoms with Gasteiger partial charge in [0.1, 0.15) is 5.75 Å². The van der Waals surface area contributed by atoms with Crippen LogP contribution in [-0.4, -0.2) is 5.97 Å². The maximum absolute atomic E-state index is 12.1. The van der Waals surface area contributed by atoms with Gasteiger partial charge in [0, 0.05) is 5.02 Å². The predicted molar refractivity (Wildman–Crippen MR) is 89.7 cm³/mol. The molecule has 0 unspecified atom stereocenters. The van der Waals surface area contributed by atoms with Crippen molar-refractivity contribution in [1.29, 1.82) is 0 Å². The van der Waals surface area contributed by atoms with E-state index >= 15 is 0 Å². The maximum Gasteiger partial charge on any atom is 0.345 e. The van der Waals surface area contributed by atoms with Crippen molar-refractivity contribution in [2.45, 2.75) is 19.8 Å². The molecule has 0 atom stereocenters. The van der Waals surface area contributed by atoms with E-state index in [9.17, 15) is 4.79 Å². The fourth-order valence-electron chi connectivity index (χ4n) is 1.77. The third-order valence-electron chi connectivity index (χ3n) is 2.98. The zero-order valence-corrected chi connectivity index (χ0v) is 14.6. The Kier molecular flexibility index (Phi) is 5.31. The van der Waals surface area contributed by atoms with Crippen LogP contribution in [0.15, 0.2) is 40.9 Å². The van der Waals surface area contributed by atoms with Crippen molar-refractivity contribution in [3.05, 3.63) is 62.0 Å². The molecule has 21 heavy (non-hydrogen) atoms. The summed E-state index contributed by atoms with van der Waals surface area (Å²) in [5.74, 6) is 0.335. The Balaban J connectivity index is 2.23. The van der Waals surface area contributed by atoms with Crippen molar-refractivity contribution in [2.24, 2.45) is 0 Å². The Morgan fingerprint density at radius 1 is 1.14 bits per heavy atom. The first kappa shape index (κ1) is 16.3. The molecule has 0 heterocycles. The zero-order valence-electron chi connectivity index (χ0n) is 11.5. The molecule has 0 fully saturated rings. The van der Waals surface area contributed by atoms with E-state index < -0.39 is 5.97 Å². The molecule has 5 heteroatoms. The maximum atomic E-state index is 12.1. The first-order chi connectivity index (χ1) is 9.88. The minimum atomic E-state index is -0.519. The molecule has 0 saturated heterocycles. The average molecular weight is 388 g/mol. The number of halogens is 3.